The van der Waals surface area contributed by atoms with Crippen LogP contribution >= 0.6 is 0 Å². The molecule has 1 aliphatic rings. The number of para-hydroxylation sites is 2. The molecule has 0 N–H and O–H groups in total. The minimum atomic E-state index is -0.553. The molecule has 1 amide bonds. The van der Waals surface area contributed by atoms with Gasteiger partial charge in [-0.1, -0.05) is 18.2 Å². The van der Waals surface area contributed by atoms with E-state index in [1.165, 1.54) is 0 Å². The summed E-state index contributed by atoms with van der Waals surface area (Å²) in [5.41, 5.74) is 6.07. The minimum Gasteiger partial charge on any atom is -0.477 e. The molecule has 28 heavy (non-hydrogen) atoms. The van der Waals surface area contributed by atoms with Gasteiger partial charge in [0.2, 0.25) is 0 Å². The average Bonchev–Trinajstić information content (AvgIpc) is 2.63. The second-order valence-corrected chi connectivity index (χ2v) is 7.73. The molecule has 3 rings (SSSR count). The van der Waals surface area contributed by atoms with Crippen LogP contribution in [0.4, 0.5) is 5.69 Å². The second kappa shape index (κ2) is 7.66. The van der Waals surface area contributed by atoms with Crippen LogP contribution in [0.2, 0.25) is 0 Å². The Morgan fingerprint density at radius 1 is 1.14 bits per heavy atom. The summed E-state index contributed by atoms with van der Waals surface area (Å²) in [6, 6.07) is 9.87. The third-order valence-electron chi connectivity index (χ3n) is 5.41. The highest BCUT2D eigenvalue weighted by Gasteiger charge is 2.32. The number of carbonyl (C=O) groups excluding carboxylic acids is 2. The third kappa shape index (κ3) is 3.61. The normalized spacial score (nSPS) is 15.6. The number of ketones is 1. The van der Waals surface area contributed by atoms with E-state index in [9.17, 15) is 9.59 Å². The summed E-state index contributed by atoms with van der Waals surface area (Å²) in [6.07, 6.45) is -0.553. The molecule has 0 saturated carbocycles. The first-order valence-electron chi connectivity index (χ1n) is 9.53. The van der Waals surface area contributed by atoms with E-state index < -0.39 is 6.10 Å². The Balaban J connectivity index is 2.03. The van der Waals surface area contributed by atoms with Crippen molar-refractivity contribution in [3.05, 3.63) is 58.1 Å². The molecule has 5 heteroatoms. The minimum absolute atomic E-state index is 0.0544. The van der Waals surface area contributed by atoms with Crippen molar-refractivity contribution in [2.24, 2.45) is 0 Å². The molecule has 0 radical (unpaired) electrons. The van der Waals surface area contributed by atoms with Crippen LogP contribution < -0.4 is 9.64 Å². The van der Waals surface area contributed by atoms with E-state index >= 15 is 0 Å². The van der Waals surface area contributed by atoms with Crippen molar-refractivity contribution < 1.29 is 14.3 Å². The van der Waals surface area contributed by atoms with E-state index in [-0.39, 0.29) is 11.7 Å². The van der Waals surface area contributed by atoms with Gasteiger partial charge in [0.15, 0.2) is 11.9 Å². The molecule has 0 aliphatic carbocycles. The van der Waals surface area contributed by atoms with Crippen LogP contribution in [0.1, 0.15) is 39.5 Å². The maximum Gasteiger partial charge on any atom is 0.265 e. The highest BCUT2D eigenvalue weighted by atomic mass is 16.5. The smallest absolute Gasteiger partial charge is 0.265 e. The summed E-state index contributed by atoms with van der Waals surface area (Å²) >= 11 is 0. The number of hydrogen-bond acceptors (Lipinski definition) is 4. The molecule has 1 heterocycles. The van der Waals surface area contributed by atoms with E-state index in [0.717, 1.165) is 33.5 Å². The fourth-order valence-electron chi connectivity index (χ4n) is 4.08. The monoisotopic (exact) mass is 380 g/mol. The number of benzene rings is 2. The van der Waals surface area contributed by atoms with Gasteiger partial charge in [-0.2, -0.15) is 0 Å². The number of likely N-dealkylation sites (N-methyl/N-ethyl adjacent to an activating group) is 1. The molecule has 5 nitrogen and oxygen atoms in total. The van der Waals surface area contributed by atoms with Crippen LogP contribution in [0.25, 0.3) is 0 Å². The van der Waals surface area contributed by atoms with E-state index in [2.05, 4.69) is 17.9 Å². The lowest BCUT2D eigenvalue weighted by atomic mass is 9.91. The zero-order valence-corrected chi connectivity index (χ0v) is 17.5. The Morgan fingerprint density at radius 3 is 2.46 bits per heavy atom. The van der Waals surface area contributed by atoms with Crippen LogP contribution in [0.15, 0.2) is 30.3 Å². The molecule has 0 fully saturated rings. The molecule has 1 unspecified atom stereocenters. The summed E-state index contributed by atoms with van der Waals surface area (Å²) in [5, 5.41) is 0. The number of nitrogens with zero attached hydrogens (tertiary/aromatic N) is 2. The SMILES string of the molecule is CC(=O)c1c(C)cc(C)c(CN2CC(C(=O)N(C)C)Oc3ccccc32)c1C. The number of ether oxygens (including phenoxy) is 1. The number of amides is 1. The average molecular weight is 380 g/mol. The van der Waals surface area contributed by atoms with E-state index in [4.69, 9.17) is 4.74 Å². The number of fused-ring (bicyclic) bond motifs is 1. The van der Waals surface area contributed by atoms with Crippen molar-refractivity contribution in [2.75, 3.05) is 25.5 Å². The van der Waals surface area contributed by atoms with Gasteiger partial charge in [-0.05, 0) is 62.1 Å². The first kappa shape index (κ1) is 19.9. The van der Waals surface area contributed by atoms with Gasteiger partial charge in [0, 0.05) is 26.2 Å². The molecule has 2 aromatic rings. The Kier molecular flexibility index (Phi) is 5.45. The Morgan fingerprint density at radius 2 is 1.82 bits per heavy atom. The van der Waals surface area contributed by atoms with Crippen molar-refractivity contribution in [2.45, 2.75) is 40.3 Å². The van der Waals surface area contributed by atoms with Gasteiger partial charge in [-0.25, -0.2) is 0 Å². The van der Waals surface area contributed by atoms with Gasteiger partial charge < -0.3 is 14.5 Å². The van der Waals surface area contributed by atoms with Crippen LogP contribution in [0, 0.1) is 20.8 Å². The van der Waals surface area contributed by atoms with Gasteiger partial charge in [-0.15, -0.1) is 0 Å². The lowest BCUT2D eigenvalue weighted by Crippen LogP contribution is -2.48. The zero-order chi connectivity index (χ0) is 20.6. The van der Waals surface area contributed by atoms with Crippen LogP contribution in [-0.4, -0.2) is 43.3 Å². The van der Waals surface area contributed by atoms with Crippen molar-refractivity contribution in [1.29, 1.82) is 0 Å². The molecular weight excluding hydrogens is 352 g/mol. The molecule has 2 aromatic carbocycles. The highest BCUT2D eigenvalue weighted by molar-refractivity contribution is 5.97. The van der Waals surface area contributed by atoms with Crippen LogP contribution in [0.3, 0.4) is 0 Å². The molecule has 0 aromatic heterocycles. The lowest BCUT2D eigenvalue weighted by molar-refractivity contribution is -0.136. The maximum absolute atomic E-state index is 12.6. The zero-order valence-electron chi connectivity index (χ0n) is 17.5. The Hall–Kier alpha value is -2.82. The molecule has 148 valence electrons. The van der Waals surface area contributed by atoms with Crippen molar-refractivity contribution in [1.82, 2.24) is 4.90 Å². The topological polar surface area (TPSA) is 49.9 Å². The fourth-order valence-corrected chi connectivity index (χ4v) is 4.08. The summed E-state index contributed by atoms with van der Waals surface area (Å²) < 4.78 is 5.98. The number of hydrogen-bond donors (Lipinski definition) is 0. The third-order valence-corrected chi connectivity index (χ3v) is 5.41. The summed E-state index contributed by atoms with van der Waals surface area (Å²) in [5.74, 6) is 0.740. The maximum atomic E-state index is 12.6. The molecule has 1 aliphatic heterocycles. The van der Waals surface area contributed by atoms with E-state index in [0.29, 0.717) is 18.8 Å². The number of Topliss-reactive ketones (excluding diaryl/α,β-unsaturated/α-hetero) is 1. The fraction of sp³-hybridized carbons (Fsp3) is 0.391. The number of rotatable bonds is 4. The van der Waals surface area contributed by atoms with Crippen LogP contribution in [-0.2, 0) is 11.3 Å². The van der Waals surface area contributed by atoms with E-state index in [1.54, 1.807) is 25.9 Å². The number of carbonyl (C=O) groups is 2. The van der Waals surface area contributed by atoms with Gasteiger partial charge >= 0.3 is 0 Å². The largest absolute Gasteiger partial charge is 0.477 e. The second-order valence-electron chi connectivity index (χ2n) is 7.73. The van der Waals surface area contributed by atoms with Crippen molar-refractivity contribution in [3.8, 4) is 5.75 Å². The number of anilines is 1. The Labute approximate surface area is 166 Å². The molecule has 0 bridgehead atoms. The van der Waals surface area contributed by atoms with Crippen LogP contribution in [0.5, 0.6) is 5.75 Å². The predicted molar refractivity (Wildman–Crippen MR) is 111 cm³/mol. The standard InChI is InChI=1S/C23H28N2O3/c1-14-11-15(2)22(17(4)26)16(3)18(14)12-25-13-21(23(27)24(5)6)28-20-10-8-7-9-19(20)25/h7-11,21H,12-13H2,1-6H3. The van der Waals surface area contributed by atoms with Gasteiger partial charge in [-0.3, -0.25) is 9.59 Å². The Bertz CT molecular complexity index is 934. The molecule has 0 spiro atoms. The summed E-state index contributed by atoms with van der Waals surface area (Å²) in [4.78, 5) is 28.5. The van der Waals surface area contributed by atoms with Crippen molar-refractivity contribution in [3.63, 3.8) is 0 Å². The predicted octanol–water partition coefficient (Wildman–Crippen LogP) is 3.67. The van der Waals surface area contributed by atoms with E-state index in [1.807, 2.05) is 38.1 Å². The summed E-state index contributed by atoms with van der Waals surface area (Å²) in [7, 11) is 3.48. The highest BCUT2D eigenvalue weighted by Crippen LogP contribution is 2.35. The molecular formula is C23H28N2O3. The van der Waals surface area contributed by atoms with Gasteiger partial charge in [0.1, 0.15) is 5.75 Å². The lowest BCUT2D eigenvalue weighted by Gasteiger charge is -2.37. The molecule has 1 atom stereocenters. The first-order chi connectivity index (χ1) is 13.2. The van der Waals surface area contributed by atoms with Gasteiger partial charge in [0.25, 0.3) is 5.91 Å². The van der Waals surface area contributed by atoms with Crippen molar-refractivity contribution >= 4 is 17.4 Å². The van der Waals surface area contributed by atoms with Gasteiger partial charge in [0.05, 0.1) is 12.2 Å². The number of aryl methyl sites for hydroxylation is 2. The quantitative estimate of drug-likeness (QED) is 0.760. The summed E-state index contributed by atoms with van der Waals surface area (Å²) in [6.45, 7) is 8.78. The molecule has 0 saturated heterocycles. The first-order valence-corrected chi connectivity index (χ1v) is 9.53.